The molecule has 0 atom stereocenters. The third-order valence-corrected chi connectivity index (χ3v) is 6.72. The second kappa shape index (κ2) is 12.4. The third-order valence-electron chi connectivity index (χ3n) is 5.39. The van der Waals surface area contributed by atoms with Gasteiger partial charge in [0.15, 0.2) is 5.96 Å². The van der Waals surface area contributed by atoms with Gasteiger partial charge in [-0.05, 0) is 52.4 Å². The number of nitrogens with one attached hydrogen (secondary N) is 3. The minimum atomic E-state index is -3.23. The zero-order valence-corrected chi connectivity index (χ0v) is 20.2. The Morgan fingerprint density at radius 3 is 2.37 bits per heavy atom. The van der Waals surface area contributed by atoms with Crippen molar-refractivity contribution >= 4 is 40.0 Å². The number of hydrogen-bond donors (Lipinski definition) is 3. The number of guanidine groups is 1. The first kappa shape index (κ1) is 24.9. The number of sulfonamides is 1. The maximum atomic E-state index is 12.1. The molecule has 0 aromatic rings. The molecular weight excluding hydrogens is 477 g/mol. The van der Waals surface area contributed by atoms with Gasteiger partial charge >= 0.3 is 0 Å². The Bertz CT molecular complexity index is 544. The van der Waals surface area contributed by atoms with Gasteiger partial charge in [0, 0.05) is 38.3 Å². The molecule has 0 aromatic heterocycles. The Labute approximate surface area is 182 Å². The van der Waals surface area contributed by atoms with Crippen LogP contribution in [0.2, 0.25) is 0 Å². The molecule has 1 heterocycles. The van der Waals surface area contributed by atoms with Crippen LogP contribution in [0.15, 0.2) is 4.99 Å². The highest BCUT2D eigenvalue weighted by Gasteiger charge is 2.22. The van der Waals surface area contributed by atoms with Gasteiger partial charge in [0.1, 0.15) is 0 Å². The summed E-state index contributed by atoms with van der Waals surface area (Å²) in [5.74, 6) is 1.30. The second-order valence-electron chi connectivity index (χ2n) is 7.77. The summed E-state index contributed by atoms with van der Waals surface area (Å²) in [6.07, 6.45) is 5.69. The van der Waals surface area contributed by atoms with Gasteiger partial charge in [-0.25, -0.2) is 13.1 Å². The topological polar surface area (TPSA) is 85.8 Å². The Balaban J connectivity index is 0.00000364. The number of halogens is 1. The summed E-state index contributed by atoms with van der Waals surface area (Å²) in [6.45, 7) is 10.3. The lowest BCUT2D eigenvalue weighted by atomic mass is 9.86. The Morgan fingerprint density at radius 1 is 1.19 bits per heavy atom. The number of nitrogens with zero attached hydrogens (tertiary/aromatic N) is 2. The quantitative estimate of drug-likeness (QED) is 0.248. The summed E-state index contributed by atoms with van der Waals surface area (Å²) < 4.78 is 26.9. The highest BCUT2D eigenvalue weighted by molar-refractivity contribution is 14.0. The Kier molecular flexibility index (Phi) is 11.5. The van der Waals surface area contributed by atoms with Crippen LogP contribution in [0, 0.1) is 5.92 Å². The van der Waals surface area contributed by atoms with Crippen LogP contribution in [0.3, 0.4) is 0 Å². The third kappa shape index (κ3) is 9.27. The molecule has 2 fully saturated rings. The maximum Gasteiger partial charge on any atom is 0.213 e. The summed E-state index contributed by atoms with van der Waals surface area (Å²) in [6, 6.07) is 0.992. The van der Waals surface area contributed by atoms with Gasteiger partial charge in [-0.15, -0.1) is 24.0 Å². The summed E-state index contributed by atoms with van der Waals surface area (Å²) in [5, 5.41) is 6.70. The van der Waals surface area contributed by atoms with E-state index in [1.54, 1.807) is 0 Å². The zero-order chi connectivity index (χ0) is 19.0. The smallest absolute Gasteiger partial charge is 0.213 e. The molecule has 9 heteroatoms. The lowest BCUT2D eigenvalue weighted by Crippen LogP contribution is -2.50. The minimum absolute atomic E-state index is 0. The van der Waals surface area contributed by atoms with E-state index in [0.717, 1.165) is 51.3 Å². The number of rotatable bonds is 9. The predicted octanol–water partition coefficient (Wildman–Crippen LogP) is 1.75. The first-order valence-corrected chi connectivity index (χ1v) is 11.8. The molecule has 160 valence electrons. The van der Waals surface area contributed by atoms with Gasteiger partial charge in [0.05, 0.1) is 12.3 Å². The lowest BCUT2D eigenvalue weighted by molar-refractivity contribution is 0.167. The normalized spacial score (nSPS) is 20.2. The molecule has 0 amide bonds. The fourth-order valence-corrected chi connectivity index (χ4v) is 4.33. The molecule has 7 nitrogen and oxygen atoms in total. The van der Waals surface area contributed by atoms with Crippen LogP contribution in [0.25, 0.3) is 0 Å². The van der Waals surface area contributed by atoms with Crippen LogP contribution in [0.5, 0.6) is 0 Å². The molecule has 0 bridgehead atoms. The predicted molar refractivity (Wildman–Crippen MR) is 123 cm³/mol. The van der Waals surface area contributed by atoms with Crippen LogP contribution in [-0.2, 0) is 10.0 Å². The summed E-state index contributed by atoms with van der Waals surface area (Å²) in [5.41, 5.74) is 0. The molecule has 0 spiro atoms. The molecule has 1 saturated carbocycles. The maximum absolute atomic E-state index is 12.1. The van der Waals surface area contributed by atoms with Crippen molar-refractivity contribution in [3.05, 3.63) is 0 Å². The van der Waals surface area contributed by atoms with E-state index in [9.17, 15) is 8.42 Å². The molecule has 2 aliphatic rings. The molecule has 27 heavy (non-hydrogen) atoms. The van der Waals surface area contributed by atoms with Crippen LogP contribution in [0.1, 0.15) is 52.9 Å². The fourth-order valence-electron chi connectivity index (χ4n) is 3.37. The number of hydrogen-bond acceptors (Lipinski definition) is 4. The summed E-state index contributed by atoms with van der Waals surface area (Å²) >= 11 is 0. The summed E-state index contributed by atoms with van der Waals surface area (Å²) in [7, 11) is -3.23. The SMILES string of the molecule is CCNC(=NCCS(=O)(=O)NCC1CCC1)NC1CCN(C(C)C)CC1.I. The van der Waals surface area contributed by atoms with Crippen molar-refractivity contribution in [2.75, 3.05) is 38.5 Å². The standard InChI is InChI=1S/C18H37N5O2S.HI/c1-4-19-18(22-17-8-11-23(12-9-17)15(2)3)20-10-13-26(24,25)21-14-16-6-5-7-16;/h15-17,21H,4-14H2,1-3H3,(H2,19,20,22);1H. The van der Waals surface area contributed by atoms with Crippen molar-refractivity contribution in [2.45, 2.75) is 65.0 Å². The van der Waals surface area contributed by atoms with E-state index in [-0.39, 0.29) is 36.3 Å². The van der Waals surface area contributed by atoms with Gasteiger partial charge in [-0.3, -0.25) is 4.99 Å². The fraction of sp³-hybridized carbons (Fsp3) is 0.944. The second-order valence-corrected chi connectivity index (χ2v) is 9.70. The van der Waals surface area contributed by atoms with Crippen molar-refractivity contribution in [1.82, 2.24) is 20.3 Å². The van der Waals surface area contributed by atoms with Gasteiger partial charge in [-0.2, -0.15) is 0 Å². The zero-order valence-electron chi connectivity index (χ0n) is 17.0. The molecule has 1 aliphatic heterocycles. The molecule has 0 unspecified atom stereocenters. The molecule has 2 rings (SSSR count). The van der Waals surface area contributed by atoms with Crippen LogP contribution in [-0.4, -0.2) is 69.8 Å². The van der Waals surface area contributed by atoms with Crippen molar-refractivity contribution in [1.29, 1.82) is 0 Å². The number of aliphatic imine (C=N–C) groups is 1. The number of likely N-dealkylation sites (tertiary alicyclic amines) is 1. The first-order chi connectivity index (χ1) is 12.4. The van der Waals surface area contributed by atoms with E-state index >= 15 is 0 Å². The van der Waals surface area contributed by atoms with Gasteiger partial charge in [-0.1, -0.05) is 6.42 Å². The summed E-state index contributed by atoms with van der Waals surface area (Å²) in [4.78, 5) is 6.96. The van der Waals surface area contributed by atoms with Crippen LogP contribution in [0.4, 0.5) is 0 Å². The average Bonchev–Trinajstić information content (AvgIpc) is 2.53. The van der Waals surface area contributed by atoms with Crippen molar-refractivity contribution in [3.8, 4) is 0 Å². The van der Waals surface area contributed by atoms with Gasteiger partial charge in [0.2, 0.25) is 10.0 Å². The Hall–Kier alpha value is -0.130. The van der Waals surface area contributed by atoms with Crippen molar-refractivity contribution < 1.29 is 8.42 Å². The van der Waals surface area contributed by atoms with E-state index in [4.69, 9.17) is 0 Å². The number of piperidine rings is 1. The molecule has 0 aromatic carbocycles. The average molecular weight is 516 g/mol. The Morgan fingerprint density at radius 2 is 1.85 bits per heavy atom. The van der Waals surface area contributed by atoms with Crippen molar-refractivity contribution in [2.24, 2.45) is 10.9 Å². The van der Waals surface area contributed by atoms with E-state index < -0.39 is 10.0 Å². The molecule has 1 aliphatic carbocycles. The van der Waals surface area contributed by atoms with E-state index in [1.165, 1.54) is 6.42 Å². The monoisotopic (exact) mass is 515 g/mol. The highest BCUT2D eigenvalue weighted by Crippen LogP contribution is 2.25. The minimum Gasteiger partial charge on any atom is -0.357 e. The lowest BCUT2D eigenvalue weighted by Gasteiger charge is -2.35. The largest absolute Gasteiger partial charge is 0.357 e. The van der Waals surface area contributed by atoms with E-state index in [1.807, 2.05) is 6.92 Å². The van der Waals surface area contributed by atoms with E-state index in [2.05, 4.69) is 39.1 Å². The molecule has 0 radical (unpaired) electrons. The highest BCUT2D eigenvalue weighted by atomic mass is 127. The first-order valence-electron chi connectivity index (χ1n) is 10.2. The van der Waals surface area contributed by atoms with Crippen LogP contribution >= 0.6 is 24.0 Å². The van der Waals surface area contributed by atoms with Gasteiger partial charge < -0.3 is 15.5 Å². The molecular formula is C18H38IN5O2S. The molecule has 1 saturated heterocycles. The van der Waals surface area contributed by atoms with Crippen LogP contribution < -0.4 is 15.4 Å². The molecule has 3 N–H and O–H groups in total. The van der Waals surface area contributed by atoms with E-state index in [0.29, 0.717) is 24.5 Å². The van der Waals surface area contributed by atoms with Crippen molar-refractivity contribution in [3.63, 3.8) is 0 Å². The van der Waals surface area contributed by atoms with Gasteiger partial charge in [0.25, 0.3) is 0 Å².